The summed E-state index contributed by atoms with van der Waals surface area (Å²) < 4.78 is 84.0. The average Bonchev–Trinajstić information content (AvgIpc) is 1.65. The van der Waals surface area contributed by atoms with Crippen LogP contribution in [0.4, 0.5) is 13.2 Å². The first kappa shape index (κ1) is 114. The van der Waals surface area contributed by atoms with E-state index in [-0.39, 0.29) is 86.1 Å². The van der Waals surface area contributed by atoms with Crippen LogP contribution in [-0.4, -0.2) is 177 Å². The molecule has 0 unspecified atom stereocenters. The summed E-state index contributed by atoms with van der Waals surface area (Å²) in [7, 11) is 1.40. The van der Waals surface area contributed by atoms with Crippen molar-refractivity contribution in [2.75, 3.05) is 40.1 Å². The summed E-state index contributed by atoms with van der Waals surface area (Å²) in [6, 6.07) is 11.1. The first-order chi connectivity index (χ1) is 66.3. The summed E-state index contributed by atoms with van der Waals surface area (Å²) >= 11 is 13.7. The van der Waals surface area contributed by atoms with Gasteiger partial charge in [0, 0.05) is 47.0 Å². The van der Waals surface area contributed by atoms with Crippen LogP contribution in [0, 0.1) is 76.2 Å². The molecule has 4 aliphatic heterocycles. The highest BCUT2D eigenvalue weighted by molar-refractivity contribution is 7.17. The van der Waals surface area contributed by atoms with Gasteiger partial charge in [-0.2, -0.15) is 13.2 Å². The number of aromatic amines is 2. The molecule has 0 aromatic carbocycles. The van der Waals surface area contributed by atoms with Crippen LogP contribution in [0.2, 0.25) is 0 Å². The molecule has 0 radical (unpaired) electrons. The second-order valence-corrected chi connectivity index (χ2v) is 41.5. The van der Waals surface area contributed by atoms with Gasteiger partial charge in [0.25, 0.3) is 0 Å². The molecule has 756 valence electrons. The van der Waals surface area contributed by atoms with Crippen LogP contribution >= 0.6 is 113 Å². The van der Waals surface area contributed by atoms with E-state index in [1.807, 2.05) is 114 Å². The highest BCUT2D eigenvalue weighted by atomic mass is 32.1. The Bertz CT molecular complexity index is 6440. The van der Waals surface area contributed by atoms with Gasteiger partial charge >= 0.3 is 65.4 Å². The van der Waals surface area contributed by atoms with Crippen molar-refractivity contribution in [1.82, 2.24) is 40.2 Å². The number of thiophene rings is 6. The maximum absolute atomic E-state index is 12.6. The Morgan fingerprint density at radius 1 is 0.421 bits per heavy atom. The summed E-state index contributed by atoms with van der Waals surface area (Å²) in [5, 5.41) is 59.5. The molecule has 0 spiro atoms. The fourth-order valence-electron chi connectivity index (χ4n) is 11.8. The second-order valence-electron chi connectivity index (χ2n) is 29.0. The van der Waals surface area contributed by atoms with Gasteiger partial charge in [0.2, 0.25) is 17.6 Å². The minimum Gasteiger partial charge on any atom is -0.493 e. The molecule has 140 heavy (non-hydrogen) atoms. The summed E-state index contributed by atoms with van der Waals surface area (Å²) in [4.78, 5) is 159. The van der Waals surface area contributed by atoms with Crippen molar-refractivity contribution in [3.8, 4) is 40.6 Å². The molecule has 12 aromatic heterocycles. The van der Waals surface area contributed by atoms with E-state index in [2.05, 4.69) is 102 Å². The Labute approximate surface area is 838 Å². The van der Waals surface area contributed by atoms with E-state index >= 15 is 0 Å². The lowest BCUT2D eigenvalue weighted by Crippen LogP contribution is -2.10. The van der Waals surface area contributed by atoms with Crippen molar-refractivity contribution in [3.63, 3.8) is 0 Å². The van der Waals surface area contributed by atoms with E-state index in [9.17, 15) is 61.1 Å². The number of aromatic carboxylic acids is 4. The number of methoxy groups -OCH3 is 1. The third-order valence-electron chi connectivity index (χ3n) is 17.0. The van der Waals surface area contributed by atoms with Crippen molar-refractivity contribution in [2.45, 2.75) is 202 Å². The number of aryl methyl sites for hydroxylation is 14. The number of alkyl halides is 3. The Balaban J connectivity index is 0.000000212. The topological polar surface area (TPSA) is 538 Å². The SMILES string of the molecule is CCCOc1nc(C)sc1C(=O)O.CCOc1cc(C)sc1C1=NOC(=O)C1.CCOc1cc(C)sc1CCc1noc(=O)[nH]1.CCOc1cc(C)sc1Cc1noc(=O)[nH]1.CCOc1nc(C)sc1C(=O)O.CCc1nc(C)sc1C(=O)O.COc1nc(C)sc1C(=O)O.Cc1cc(C(F)(F)F)c(C2=NOC(=O)C2)s1.Cc1cc(C)c(C2=NOC(=O)C2)s1.Cc1cc(OC(C)C)c(C2=NOC(=O)C2)s1. The number of halogens is 3. The number of ether oxygens (including phenoxy) is 7. The number of hydrogen-bond donors (Lipinski definition) is 6. The highest BCUT2D eigenvalue weighted by Gasteiger charge is 2.38. The third kappa shape index (κ3) is 35.9. The van der Waals surface area contributed by atoms with Gasteiger partial charge in [0.1, 0.15) is 50.7 Å². The van der Waals surface area contributed by atoms with Gasteiger partial charge in [0.05, 0.1) is 128 Å². The fraction of sp³-hybridized carbons (Fsp3) is 0.409. The smallest absolute Gasteiger partial charge is 0.438 e. The lowest BCUT2D eigenvalue weighted by atomic mass is 10.1. The number of oxime groups is 4. The molecular weight excluding hydrogens is 2030 g/mol. The first-order valence-electron chi connectivity index (χ1n) is 42.3. The van der Waals surface area contributed by atoms with Gasteiger partial charge < -0.3 is 72.9 Å². The predicted octanol–water partition coefficient (Wildman–Crippen LogP) is 19.3. The minimum absolute atomic E-state index is 0.0316. The molecule has 0 bridgehead atoms. The molecule has 0 saturated heterocycles. The molecule has 6 N–H and O–H groups in total. The number of nitrogens with one attached hydrogen (secondary N) is 2. The number of carboxylic acid groups (broad SMARTS) is 4. The summed E-state index contributed by atoms with van der Waals surface area (Å²) in [6.07, 6.45) is -0.276. The maximum atomic E-state index is 12.6. The zero-order valence-electron chi connectivity index (χ0n) is 79.3. The van der Waals surface area contributed by atoms with Crippen LogP contribution in [0.25, 0.3) is 0 Å². The number of carboxylic acids is 4. The van der Waals surface area contributed by atoms with Crippen molar-refractivity contribution in [1.29, 1.82) is 0 Å². The molecule has 0 amide bonds. The monoisotopic (exact) mass is 2130 g/mol. The van der Waals surface area contributed by atoms with Gasteiger partial charge in [0.15, 0.2) is 26.3 Å². The number of thiazole rings is 4. The summed E-state index contributed by atoms with van der Waals surface area (Å²) in [6.45, 7) is 39.0. The standard InChI is InChI=1S/C11H14N2O3S.C11H13NO3S.C10H12N2O3S.C10H11NO3S.C9H6F3NO2S.C9H9NO2S.C8H11NO3S.C7H9NO3S.C7H9NO2S.C6H7NO3S/c1-3-15-8-6-7(2)17-9(8)4-5-10-12-11(14)16-13-10;1-6(2)14-9-4-7(3)16-11(9)8-5-10(13)15-12-8;1-3-14-7-4-6(2)16-8(7)5-9-11-10(13)15-12-9;1-3-13-8-4-6(2)15-10(8)7-5-9(12)14-11-7;1-4-2-5(9(10,11)12)8(16-4)6-3-7(14)15-13-6;1-5-3-6(2)13-9(5)7-4-8(11)12-10-7;1-3-4-12-7-6(8(10)11)13-5(2)9-7;1-3-11-6-5(7(9)10)12-4(2)8-6;1-3-5-6(7(9)10)11-4(2)8-5;1-3-7-5(10-2)4(11-3)6(8)9/h6H,3-5H2,1-2H3,(H,12,13,14);4,6H,5H2,1-3H3;4H,3,5H2,1-2H3,(H,11,12,13);4H,3,5H2,1-2H3;2H,3H2,1H3;3H,4H2,1-2H3;3-4H2,1-2H3,(H,10,11);3H2,1-2H3,(H,9,10);3H2,1-2H3,(H,9,10);1-2H3,(H,8,9). The molecule has 12 aromatic rings. The third-order valence-corrected chi connectivity index (χ3v) is 27.5. The van der Waals surface area contributed by atoms with E-state index in [1.54, 1.807) is 91.3 Å². The molecule has 0 fully saturated rings. The first-order valence-corrected chi connectivity index (χ1v) is 50.4. The lowest BCUT2D eigenvalue weighted by molar-refractivity contribution is -0.140. The molecular formula is C88H101F3N12O27S10. The Hall–Kier alpha value is -12.6. The summed E-state index contributed by atoms with van der Waals surface area (Å²) in [5.74, 6) is -1.24. The van der Waals surface area contributed by atoms with Crippen LogP contribution in [0.1, 0.15) is 233 Å². The van der Waals surface area contributed by atoms with E-state index < -0.39 is 53.1 Å². The number of hydrogen-bond acceptors (Lipinski definition) is 43. The van der Waals surface area contributed by atoms with Gasteiger partial charge in [-0.25, -0.2) is 67.9 Å². The van der Waals surface area contributed by atoms with E-state index in [1.165, 1.54) is 43.5 Å². The summed E-state index contributed by atoms with van der Waals surface area (Å²) in [5.41, 5.74) is 3.25. The zero-order valence-corrected chi connectivity index (χ0v) is 87.5. The van der Waals surface area contributed by atoms with Crippen molar-refractivity contribution >= 4 is 184 Å². The Morgan fingerprint density at radius 2 is 0.786 bits per heavy atom. The van der Waals surface area contributed by atoms with Crippen LogP contribution in [0.5, 0.6) is 40.6 Å². The number of H-pyrrole nitrogens is 2. The molecule has 39 nitrogen and oxygen atoms in total. The largest absolute Gasteiger partial charge is 0.493 e. The van der Waals surface area contributed by atoms with Crippen molar-refractivity contribution in [3.05, 3.63) is 184 Å². The number of aromatic nitrogens is 8. The molecule has 16 heterocycles. The lowest BCUT2D eigenvalue weighted by Gasteiger charge is -2.09. The van der Waals surface area contributed by atoms with E-state index in [0.717, 1.165) is 127 Å². The van der Waals surface area contributed by atoms with Crippen molar-refractivity contribution in [2.24, 2.45) is 20.6 Å². The van der Waals surface area contributed by atoms with Gasteiger partial charge in [-0.15, -0.1) is 113 Å². The number of rotatable bonds is 28. The number of carbonyl (C=O) groups is 8. The normalized spacial score (nSPS) is 12.5. The van der Waals surface area contributed by atoms with Crippen LogP contribution < -0.4 is 44.7 Å². The number of nitrogens with zero attached hydrogens (tertiary/aromatic N) is 10. The van der Waals surface area contributed by atoms with Crippen LogP contribution in [-0.2, 0) is 70.4 Å². The molecule has 0 saturated carbocycles. The maximum Gasteiger partial charge on any atom is 0.438 e. The van der Waals surface area contributed by atoms with E-state index in [4.69, 9.17) is 53.6 Å². The van der Waals surface area contributed by atoms with Gasteiger partial charge in [-0.3, -0.25) is 19.0 Å². The zero-order chi connectivity index (χ0) is 104. The highest BCUT2D eigenvalue weighted by Crippen LogP contribution is 2.40. The molecule has 16 rings (SSSR count). The van der Waals surface area contributed by atoms with Crippen LogP contribution in [0.3, 0.4) is 0 Å². The Kier molecular flexibility index (Phi) is 45.3. The quantitative estimate of drug-likeness (QED) is 0.0248. The molecule has 4 aliphatic rings. The van der Waals surface area contributed by atoms with Gasteiger partial charge in [-0.1, -0.05) is 44.8 Å². The molecule has 52 heteroatoms. The average molecular weight is 2140 g/mol. The molecule has 0 atom stereocenters. The number of carbonyl (C=O) groups excluding carboxylic acids is 4. The van der Waals surface area contributed by atoms with Crippen LogP contribution in [0.15, 0.2) is 75.7 Å². The van der Waals surface area contributed by atoms with E-state index in [0.29, 0.717) is 112 Å². The van der Waals surface area contributed by atoms with Gasteiger partial charge in [-0.05, 0) is 179 Å². The second kappa shape index (κ2) is 55.4. The van der Waals surface area contributed by atoms with Crippen molar-refractivity contribution < 1.29 is 134 Å². The molecule has 0 aliphatic carbocycles. The fourth-order valence-corrected chi connectivity index (χ4v) is 20.6. The minimum atomic E-state index is -4.44. The predicted molar refractivity (Wildman–Crippen MR) is 525 cm³/mol. The Morgan fingerprint density at radius 3 is 1.18 bits per heavy atom.